The Morgan fingerprint density at radius 3 is 2.46 bits per heavy atom. The number of nitrogens with one attached hydrogen (secondary N) is 1. The summed E-state index contributed by atoms with van der Waals surface area (Å²) in [4.78, 5) is 24.7. The lowest BCUT2D eigenvalue weighted by atomic mass is 10.1. The Kier molecular flexibility index (Phi) is 5.90. The van der Waals surface area contributed by atoms with Crippen LogP contribution in [0, 0.1) is 6.92 Å². The van der Waals surface area contributed by atoms with Crippen molar-refractivity contribution in [2.24, 2.45) is 0 Å². The molecular weight excluding hydrogens is 380 g/mol. The summed E-state index contributed by atoms with van der Waals surface area (Å²) in [5.74, 6) is 0.503. The number of rotatable bonds is 6. The van der Waals surface area contributed by atoms with Crippen molar-refractivity contribution < 1.29 is 19.1 Å². The van der Waals surface area contributed by atoms with Gasteiger partial charge in [0.1, 0.15) is 12.3 Å². The fourth-order valence-corrected chi connectivity index (χ4v) is 2.98. The quantitative estimate of drug-likeness (QED) is 0.584. The third kappa shape index (κ3) is 4.28. The van der Waals surface area contributed by atoms with Gasteiger partial charge in [-0.2, -0.15) is 0 Å². The van der Waals surface area contributed by atoms with Gasteiger partial charge in [0.2, 0.25) is 0 Å². The first-order valence-corrected chi connectivity index (χ1v) is 9.22. The van der Waals surface area contributed by atoms with Crippen molar-refractivity contribution in [3.8, 4) is 11.5 Å². The summed E-state index contributed by atoms with van der Waals surface area (Å²) in [7, 11) is 1.42. The lowest BCUT2D eigenvalue weighted by Crippen LogP contribution is -2.25. The number of hydrogen-bond acceptors (Lipinski definition) is 4. The van der Waals surface area contributed by atoms with E-state index in [2.05, 4.69) is 5.32 Å². The number of halogens is 1. The smallest absolute Gasteiger partial charge is 0.328 e. The molecule has 1 aliphatic heterocycles. The van der Waals surface area contributed by atoms with Crippen LogP contribution in [0.25, 0.3) is 6.08 Å². The van der Waals surface area contributed by atoms with Crippen LogP contribution in [0.2, 0.25) is 5.02 Å². The number of hydrogen-bond donors (Lipinski definition) is 1. The van der Waals surface area contributed by atoms with E-state index in [1.807, 2.05) is 38.1 Å². The first kappa shape index (κ1) is 19.8. The maximum absolute atomic E-state index is 12.1. The second kappa shape index (κ2) is 8.35. The molecule has 0 spiro atoms. The van der Waals surface area contributed by atoms with Gasteiger partial charge < -0.3 is 14.8 Å². The summed E-state index contributed by atoms with van der Waals surface area (Å²) in [5.41, 5.74) is 2.99. The van der Waals surface area contributed by atoms with Gasteiger partial charge in [0.15, 0.2) is 11.5 Å². The fraction of sp³-hybridized carbons (Fsp3) is 0.238. The predicted octanol–water partition coefficient (Wildman–Crippen LogP) is 4.15. The van der Waals surface area contributed by atoms with Crippen molar-refractivity contribution in [3.05, 3.63) is 63.8 Å². The SMILES string of the molecule is CCOc1cc(/C=C2/NC(=O)N(C)C2=O)cc(Cl)c1OCc1ccc(C)cc1. The number of amides is 3. The van der Waals surface area contributed by atoms with E-state index in [1.54, 1.807) is 18.2 Å². The predicted molar refractivity (Wildman–Crippen MR) is 107 cm³/mol. The highest BCUT2D eigenvalue weighted by Crippen LogP contribution is 2.38. The Hall–Kier alpha value is -2.99. The number of urea groups is 1. The highest BCUT2D eigenvalue weighted by molar-refractivity contribution is 6.32. The van der Waals surface area contributed by atoms with E-state index in [-0.39, 0.29) is 5.70 Å². The van der Waals surface area contributed by atoms with Gasteiger partial charge in [-0.1, -0.05) is 41.4 Å². The van der Waals surface area contributed by atoms with Gasteiger partial charge in [-0.05, 0) is 43.2 Å². The van der Waals surface area contributed by atoms with Gasteiger partial charge in [-0.25, -0.2) is 4.79 Å². The largest absolute Gasteiger partial charge is 0.490 e. The fourth-order valence-electron chi connectivity index (χ4n) is 2.70. The maximum atomic E-state index is 12.1. The number of aryl methyl sites for hydroxylation is 1. The van der Waals surface area contributed by atoms with E-state index in [9.17, 15) is 9.59 Å². The molecule has 0 atom stereocenters. The Bertz CT molecular complexity index is 938. The normalized spacial score (nSPS) is 15.1. The molecule has 3 amide bonds. The average Bonchev–Trinajstić information content (AvgIpc) is 2.89. The van der Waals surface area contributed by atoms with Crippen LogP contribution in [-0.2, 0) is 11.4 Å². The van der Waals surface area contributed by atoms with Crippen LogP contribution < -0.4 is 14.8 Å². The van der Waals surface area contributed by atoms with E-state index in [0.29, 0.717) is 35.3 Å². The second-order valence-corrected chi connectivity index (χ2v) is 6.80. The average molecular weight is 401 g/mol. The molecule has 2 aromatic rings. The summed E-state index contributed by atoms with van der Waals surface area (Å²) in [6, 6.07) is 10.9. The summed E-state index contributed by atoms with van der Waals surface area (Å²) >= 11 is 6.42. The zero-order chi connectivity index (χ0) is 20.3. The molecule has 0 bridgehead atoms. The van der Waals surface area contributed by atoms with Gasteiger partial charge in [0.25, 0.3) is 5.91 Å². The molecule has 6 nitrogen and oxygen atoms in total. The van der Waals surface area contributed by atoms with E-state index < -0.39 is 11.9 Å². The Morgan fingerprint density at radius 2 is 1.86 bits per heavy atom. The first-order valence-electron chi connectivity index (χ1n) is 8.84. The van der Waals surface area contributed by atoms with Crippen LogP contribution in [0.1, 0.15) is 23.6 Å². The van der Waals surface area contributed by atoms with Gasteiger partial charge in [0.05, 0.1) is 11.6 Å². The number of benzene rings is 2. The minimum Gasteiger partial charge on any atom is -0.490 e. The van der Waals surface area contributed by atoms with Crippen molar-refractivity contribution in [3.63, 3.8) is 0 Å². The maximum Gasteiger partial charge on any atom is 0.328 e. The summed E-state index contributed by atoms with van der Waals surface area (Å²) in [6.45, 7) is 4.66. The Morgan fingerprint density at radius 1 is 1.14 bits per heavy atom. The molecule has 0 radical (unpaired) electrons. The van der Waals surface area contributed by atoms with Crippen LogP contribution in [0.3, 0.4) is 0 Å². The van der Waals surface area contributed by atoms with Crippen LogP contribution in [0.15, 0.2) is 42.1 Å². The first-order chi connectivity index (χ1) is 13.4. The van der Waals surface area contributed by atoms with E-state index >= 15 is 0 Å². The molecule has 1 saturated heterocycles. The van der Waals surface area contributed by atoms with Crippen molar-refractivity contribution in [2.75, 3.05) is 13.7 Å². The molecule has 28 heavy (non-hydrogen) atoms. The summed E-state index contributed by atoms with van der Waals surface area (Å²) < 4.78 is 11.6. The molecule has 0 unspecified atom stereocenters. The number of nitrogens with zero attached hydrogens (tertiary/aromatic N) is 1. The molecule has 2 aromatic carbocycles. The molecular formula is C21H21ClN2O4. The Balaban J connectivity index is 1.86. The third-order valence-electron chi connectivity index (χ3n) is 4.23. The number of ether oxygens (including phenoxy) is 2. The standard InChI is InChI=1S/C21H21ClN2O4/c1-4-27-18-11-15(10-17-20(25)24(3)21(26)23-17)9-16(22)19(18)28-12-14-7-5-13(2)6-8-14/h5-11H,4,12H2,1-3H3,(H,23,26)/b17-10+. The molecule has 1 N–H and O–H groups in total. The zero-order valence-electron chi connectivity index (χ0n) is 15.9. The van der Waals surface area contributed by atoms with Crippen LogP contribution in [-0.4, -0.2) is 30.5 Å². The van der Waals surface area contributed by atoms with Gasteiger partial charge in [-0.3, -0.25) is 9.69 Å². The van der Waals surface area contributed by atoms with Crippen LogP contribution in [0.5, 0.6) is 11.5 Å². The summed E-state index contributed by atoms with van der Waals surface area (Å²) in [6.07, 6.45) is 1.56. The minimum atomic E-state index is -0.467. The molecule has 0 saturated carbocycles. The van der Waals surface area contributed by atoms with Gasteiger partial charge in [-0.15, -0.1) is 0 Å². The molecule has 1 aliphatic rings. The lowest BCUT2D eigenvalue weighted by Gasteiger charge is -2.15. The van der Waals surface area contributed by atoms with Crippen molar-refractivity contribution in [2.45, 2.75) is 20.5 Å². The number of imide groups is 1. The Labute approximate surface area is 168 Å². The number of likely N-dealkylation sites (N-methyl/N-ethyl adjacent to an activating group) is 1. The molecule has 1 fully saturated rings. The van der Waals surface area contributed by atoms with Crippen molar-refractivity contribution in [1.29, 1.82) is 0 Å². The number of carbonyl (C=O) groups is 2. The van der Waals surface area contributed by atoms with E-state index in [1.165, 1.54) is 12.6 Å². The highest BCUT2D eigenvalue weighted by Gasteiger charge is 2.30. The minimum absolute atomic E-state index is 0.180. The highest BCUT2D eigenvalue weighted by atomic mass is 35.5. The van der Waals surface area contributed by atoms with Crippen molar-refractivity contribution in [1.82, 2.24) is 10.2 Å². The monoisotopic (exact) mass is 400 g/mol. The van der Waals surface area contributed by atoms with Crippen molar-refractivity contribution >= 4 is 29.6 Å². The van der Waals surface area contributed by atoms with Gasteiger partial charge >= 0.3 is 6.03 Å². The van der Waals surface area contributed by atoms with E-state index in [4.69, 9.17) is 21.1 Å². The van der Waals surface area contributed by atoms with E-state index in [0.717, 1.165) is 10.5 Å². The topological polar surface area (TPSA) is 67.9 Å². The molecule has 0 aromatic heterocycles. The zero-order valence-corrected chi connectivity index (χ0v) is 16.7. The van der Waals surface area contributed by atoms with Crippen LogP contribution >= 0.6 is 11.6 Å². The van der Waals surface area contributed by atoms with Gasteiger partial charge in [0, 0.05) is 7.05 Å². The molecule has 3 rings (SSSR count). The lowest BCUT2D eigenvalue weighted by molar-refractivity contribution is -0.121. The van der Waals surface area contributed by atoms with Crippen LogP contribution in [0.4, 0.5) is 4.79 Å². The molecule has 7 heteroatoms. The molecule has 0 aliphatic carbocycles. The molecule has 146 valence electrons. The number of carbonyl (C=O) groups excluding carboxylic acids is 2. The molecule has 1 heterocycles. The summed E-state index contributed by atoms with van der Waals surface area (Å²) in [5, 5.41) is 2.88. The third-order valence-corrected chi connectivity index (χ3v) is 4.51. The second-order valence-electron chi connectivity index (χ2n) is 6.39.